The molecule has 0 saturated heterocycles. The van der Waals surface area contributed by atoms with Crippen molar-refractivity contribution < 1.29 is 13.9 Å². The van der Waals surface area contributed by atoms with Gasteiger partial charge >= 0.3 is 0 Å². The molecule has 0 aliphatic heterocycles. The summed E-state index contributed by atoms with van der Waals surface area (Å²) < 4.78 is 18.5. The van der Waals surface area contributed by atoms with Crippen molar-refractivity contribution in [3.8, 4) is 5.75 Å². The van der Waals surface area contributed by atoms with E-state index in [9.17, 15) is 9.18 Å². The van der Waals surface area contributed by atoms with Crippen molar-refractivity contribution in [2.75, 3.05) is 12.4 Å². The lowest BCUT2D eigenvalue weighted by atomic mass is 10.2. The minimum absolute atomic E-state index is 0.1000. The second-order valence-electron chi connectivity index (χ2n) is 3.65. The lowest BCUT2D eigenvalue weighted by Gasteiger charge is -2.10. The van der Waals surface area contributed by atoms with Gasteiger partial charge in [0.1, 0.15) is 5.75 Å². The molecule has 1 aromatic carbocycles. The third kappa shape index (κ3) is 3.00. The first-order valence-electron chi connectivity index (χ1n) is 5.36. The Labute approximate surface area is 114 Å². The Bertz CT molecular complexity index is 619. The van der Waals surface area contributed by atoms with Gasteiger partial charge in [-0.1, -0.05) is 11.6 Å². The Morgan fingerprint density at radius 3 is 2.89 bits per heavy atom. The van der Waals surface area contributed by atoms with Crippen molar-refractivity contribution >= 4 is 23.2 Å². The van der Waals surface area contributed by atoms with Crippen LogP contribution in [0.5, 0.6) is 5.75 Å². The molecular weight excluding hydrogens is 271 g/mol. The number of aromatic nitrogens is 1. The maximum absolute atomic E-state index is 13.4. The highest BCUT2D eigenvalue weighted by Gasteiger charge is 2.14. The van der Waals surface area contributed by atoms with E-state index in [0.29, 0.717) is 16.5 Å². The second kappa shape index (κ2) is 5.67. The Kier molecular flexibility index (Phi) is 3.97. The van der Waals surface area contributed by atoms with Crippen LogP contribution in [0.2, 0.25) is 5.02 Å². The molecule has 2 aromatic rings. The van der Waals surface area contributed by atoms with Crippen LogP contribution in [0.3, 0.4) is 0 Å². The first-order valence-corrected chi connectivity index (χ1v) is 5.74. The van der Waals surface area contributed by atoms with Gasteiger partial charge in [-0.3, -0.25) is 9.78 Å². The van der Waals surface area contributed by atoms with Gasteiger partial charge in [0.2, 0.25) is 0 Å². The number of amides is 1. The molecule has 2 rings (SSSR count). The summed E-state index contributed by atoms with van der Waals surface area (Å²) in [6, 6.07) is 6.06. The van der Waals surface area contributed by atoms with Gasteiger partial charge in [-0.2, -0.15) is 0 Å². The number of hydrogen-bond donors (Lipinski definition) is 1. The second-order valence-corrected chi connectivity index (χ2v) is 4.09. The molecule has 1 heterocycles. The zero-order valence-corrected chi connectivity index (χ0v) is 10.7. The average molecular weight is 281 g/mol. The Balaban J connectivity index is 2.29. The molecule has 0 spiro atoms. The van der Waals surface area contributed by atoms with Crippen LogP contribution < -0.4 is 10.1 Å². The minimum atomic E-state index is -0.694. The van der Waals surface area contributed by atoms with E-state index in [4.69, 9.17) is 16.3 Å². The fourth-order valence-corrected chi connectivity index (χ4v) is 1.70. The molecule has 1 N–H and O–H groups in total. The summed E-state index contributed by atoms with van der Waals surface area (Å²) in [6.07, 6.45) is 2.32. The van der Waals surface area contributed by atoms with Crippen molar-refractivity contribution in [2.24, 2.45) is 0 Å². The smallest absolute Gasteiger partial charge is 0.258 e. The molecule has 0 aliphatic rings. The van der Waals surface area contributed by atoms with Crippen molar-refractivity contribution in [3.63, 3.8) is 0 Å². The van der Waals surface area contributed by atoms with Crippen molar-refractivity contribution in [3.05, 3.63) is 53.1 Å². The van der Waals surface area contributed by atoms with E-state index >= 15 is 0 Å². The number of anilines is 1. The molecule has 0 aliphatic carbocycles. The molecule has 4 nitrogen and oxygen atoms in total. The van der Waals surface area contributed by atoms with Crippen molar-refractivity contribution in [1.29, 1.82) is 0 Å². The van der Waals surface area contributed by atoms with Crippen LogP contribution in [0, 0.1) is 5.82 Å². The maximum atomic E-state index is 13.4. The molecule has 0 bridgehead atoms. The number of carbonyl (C=O) groups is 1. The summed E-state index contributed by atoms with van der Waals surface area (Å²) in [5.41, 5.74) is 0.272. The quantitative estimate of drug-likeness (QED) is 0.940. The molecule has 0 fully saturated rings. The predicted molar refractivity (Wildman–Crippen MR) is 70.2 cm³/mol. The number of rotatable bonds is 3. The summed E-state index contributed by atoms with van der Waals surface area (Å²) >= 11 is 5.84. The molecular formula is C13H10ClFN2O2. The minimum Gasteiger partial charge on any atom is -0.495 e. The summed E-state index contributed by atoms with van der Waals surface area (Å²) in [4.78, 5) is 15.5. The number of hydrogen-bond acceptors (Lipinski definition) is 3. The fraction of sp³-hybridized carbons (Fsp3) is 0.0769. The summed E-state index contributed by atoms with van der Waals surface area (Å²) in [6.45, 7) is 0. The topological polar surface area (TPSA) is 51.2 Å². The van der Waals surface area contributed by atoms with Gasteiger partial charge in [0.15, 0.2) is 5.82 Å². The van der Waals surface area contributed by atoms with Crippen LogP contribution in [-0.4, -0.2) is 18.0 Å². The van der Waals surface area contributed by atoms with E-state index in [1.807, 2.05) is 0 Å². The van der Waals surface area contributed by atoms with E-state index in [1.165, 1.54) is 25.4 Å². The van der Waals surface area contributed by atoms with Crippen LogP contribution in [0.25, 0.3) is 0 Å². The third-order valence-electron chi connectivity index (χ3n) is 2.43. The van der Waals surface area contributed by atoms with E-state index in [1.54, 1.807) is 12.1 Å². The van der Waals surface area contributed by atoms with E-state index in [2.05, 4.69) is 10.3 Å². The van der Waals surface area contributed by atoms with E-state index in [-0.39, 0.29) is 5.56 Å². The van der Waals surface area contributed by atoms with Gasteiger partial charge in [0.25, 0.3) is 5.91 Å². The van der Waals surface area contributed by atoms with Gasteiger partial charge < -0.3 is 10.1 Å². The van der Waals surface area contributed by atoms with E-state index in [0.717, 1.165) is 6.20 Å². The van der Waals surface area contributed by atoms with Gasteiger partial charge in [0.05, 0.1) is 24.6 Å². The lowest BCUT2D eigenvalue weighted by molar-refractivity contribution is 0.102. The molecule has 6 heteroatoms. The number of ether oxygens (including phenoxy) is 1. The van der Waals surface area contributed by atoms with Crippen LogP contribution >= 0.6 is 11.6 Å². The first kappa shape index (κ1) is 13.3. The zero-order valence-electron chi connectivity index (χ0n) is 9.98. The fourth-order valence-electron chi connectivity index (χ4n) is 1.53. The van der Waals surface area contributed by atoms with Crippen LogP contribution in [0.15, 0.2) is 36.7 Å². The van der Waals surface area contributed by atoms with Gasteiger partial charge in [0, 0.05) is 11.2 Å². The highest BCUT2D eigenvalue weighted by molar-refractivity contribution is 6.31. The number of benzene rings is 1. The highest BCUT2D eigenvalue weighted by atomic mass is 35.5. The number of halogens is 2. The number of nitrogens with zero attached hydrogens (tertiary/aromatic N) is 1. The number of pyridine rings is 1. The van der Waals surface area contributed by atoms with Gasteiger partial charge in [-0.25, -0.2) is 4.39 Å². The Morgan fingerprint density at radius 1 is 1.42 bits per heavy atom. The molecule has 0 radical (unpaired) electrons. The van der Waals surface area contributed by atoms with Crippen LogP contribution in [0.4, 0.5) is 10.1 Å². The molecule has 1 aromatic heterocycles. The SMILES string of the molecule is COc1ccc(Cl)cc1NC(=O)c1ccncc1F. The van der Waals surface area contributed by atoms with E-state index < -0.39 is 11.7 Å². The summed E-state index contributed by atoms with van der Waals surface area (Å²) in [5, 5.41) is 2.98. The Hall–Kier alpha value is -2.14. The number of carbonyl (C=O) groups excluding carboxylic acids is 1. The third-order valence-corrected chi connectivity index (χ3v) is 2.66. The summed E-state index contributed by atoms with van der Waals surface area (Å²) in [7, 11) is 1.46. The average Bonchev–Trinajstić information content (AvgIpc) is 2.39. The molecule has 0 unspecified atom stereocenters. The highest BCUT2D eigenvalue weighted by Crippen LogP contribution is 2.28. The largest absolute Gasteiger partial charge is 0.495 e. The molecule has 0 saturated carbocycles. The number of methoxy groups -OCH3 is 1. The molecule has 0 atom stereocenters. The molecule has 1 amide bonds. The Morgan fingerprint density at radius 2 is 2.21 bits per heavy atom. The molecule has 19 heavy (non-hydrogen) atoms. The van der Waals surface area contributed by atoms with Gasteiger partial charge in [-0.05, 0) is 24.3 Å². The first-order chi connectivity index (χ1) is 9.11. The van der Waals surface area contributed by atoms with Gasteiger partial charge in [-0.15, -0.1) is 0 Å². The standard InChI is InChI=1S/C13H10ClFN2O2/c1-19-12-3-2-8(14)6-11(12)17-13(18)9-4-5-16-7-10(9)15/h2-7H,1H3,(H,17,18). The lowest BCUT2D eigenvalue weighted by Crippen LogP contribution is -2.14. The molecule has 98 valence electrons. The monoisotopic (exact) mass is 280 g/mol. The van der Waals surface area contributed by atoms with Crippen molar-refractivity contribution in [1.82, 2.24) is 4.98 Å². The predicted octanol–water partition coefficient (Wildman–Crippen LogP) is 3.14. The van der Waals surface area contributed by atoms with Crippen LogP contribution in [0.1, 0.15) is 10.4 Å². The number of nitrogens with one attached hydrogen (secondary N) is 1. The van der Waals surface area contributed by atoms with Crippen LogP contribution in [-0.2, 0) is 0 Å². The normalized spacial score (nSPS) is 10.1. The summed E-state index contributed by atoms with van der Waals surface area (Å²) in [5.74, 6) is -0.853. The maximum Gasteiger partial charge on any atom is 0.258 e. The van der Waals surface area contributed by atoms with Crippen molar-refractivity contribution in [2.45, 2.75) is 0 Å². The zero-order chi connectivity index (χ0) is 13.8.